The highest BCUT2D eigenvalue weighted by Crippen LogP contribution is 2.34. The Hall–Kier alpha value is -4.51. The van der Waals surface area contributed by atoms with Crippen molar-refractivity contribution < 1.29 is 9.72 Å². The summed E-state index contributed by atoms with van der Waals surface area (Å²) in [5.74, 6) is -0.209. The zero-order chi connectivity index (χ0) is 22.3. The number of anilines is 3. The molecule has 0 bridgehead atoms. The van der Waals surface area contributed by atoms with Crippen LogP contribution in [-0.4, -0.2) is 10.7 Å². The SMILES string of the molecule is O=C(C=Cc1ccc(N(c2ccccc2)c2ccccc2)cc1)c1ccc([N+](=O)[O-])cc1. The molecule has 0 aliphatic carbocycles. The van der Waals surface area contributed by atoms with Crippen LogP contribution in [0.15, 0.2) is 115 Å². The number of nitrogens with zero attached hydrogens (tertiary/aromatic N) is 2. The predicted octanol–water partition coefficient (Wildman–Crippen LogP) is 6.96. The van der Waals surface area contributed by atoms with E-state index in [1.807, 2.05) is 60.7 Å². The number of benzene rings is 4. The van der Waals surface area contributed by atoms with E-state index in [2.05, 4.69) is 29.2 Å². The minimum absolute atomic E-state index is 0.0393. The van der Waals surface area contributed by atoms with Crippen molar-refractivity contribution in [2.45, 2.75) is 0 Å². The summed E-state index contributed by atoms with van der Waals surface area (Å²) in [7, 11) is 0. The van der Waals surface area contributed by atoms with Crippen LogP contribution in [0.25, 0.3) is 6.08 Å². The number of para-hydroxylation sites is 2. The van der Waals surface area contributed by atoms with E-state index in [0.717, 1.165) is 22.6 Å². The maximum absolute atomic E-state index is 12.4. The molecule has 4 aromatic carbocycles. The van der Waals surface area contributed by atoms with Crippen molar-refractivity contribution in [3.8, 4) is 0 Å². The number of carbonyl (C=O) groups is 1. The first-order valence-corrected chi connectivity index (χ1v) is 10.1. The third-order valence-corrected chi connectivity index (χ3v) is 4.97. The Morgan fingerprint density at radius 3 is 1.69 bits per heavy atom. The highest BCUT2D eigenvalue weighted by atomic mass is 16.6. The monoisotopic (exact) mass is 420 g/mol. The number of nitro benzene ring substituents is 1. The lowest BCUT2D eigenvalue weighted by molar-refractivity contribution is -0.384. The van der Waals surface area contributed by atoms with Crippen LogP contribution in [0.3, 0.4) is 0 Å². The first kappa shape index (κ1) is 20.8. The zero-order valence-electron chi connectivity index (χ0n) is 17.2. The second kappa shape index (κ2) is 9.53. The summed E-state index contributed by atoms with van der Waals surface area (Å²) in [6, 6.07) is 33.8. The van der Waals surface area contributed by atoms with Gasteiger partial charge in [-0.2, -0.15) is 0 Å². The Balaban J connectivity index is 1.55. The van der Waals surface area contributed by atoms with E-state index in [4.69, 9.17) is 0 Å². The highest BCUT2D eigenvalue weighted by molar-refractivity contribution is 6.06. The average Bonchev–Trinajstić information content (AvgIpc) is 2.85. The minimum atomic E-state index is -0.486. The topological polar surface area (TPSA) is 63.5 Å². The van der Waals surface area contributed by atoms with Gasteiger partial charge in [0.15, 0.2) is 5.78 Å². The van der Waals surface area contributed by atoms with Crippen LogP contribution in [0.1, 0.15) is 15.9 Å². The van der Waals surface area contributed by atoms with E-state index in [1.54, 1.807) is 6.08 Å². The number of non-ortho nitro benzene ring substituents is 1. The molecule has 0 fully saturated rings. The number of ketones is 1. The molecule has 0 saturated carbocycles. The fourth-order valence-electron chi connectivity index (χ4n) is 3.35. The molecule has 0 aliphatic rings. The normalized spacial score (nSPS) is 10.8. The third kappa shape index (κ3) is 4.79. The van der Waals surface area contributed by atoms with Crippen molar-refractivity contribution in [1.82, 2.24) is 0 Å². The first-order valence-electron chi connectivity index (χ1n) is 10.1. The van der Waals surface area contributed by atoms with E-state index in [1.165, 1.54) is 30.3 Å². The van der Waals surface area contributed by atoms with Gasteiger partial charge in [-0.15, -0.1) is 0 Å². The standard InChI is InChI=1S/C27H20N2O3/c30-27(22-14-18-26(19-15-22)29(31)32)20-13-21-11-16-25(17-12-21)28(23-7-3-1-4-8-23)24-9-5-2-6-10-24/h1-20H. The molecule has 0 heterocycles. The smallest absolute Gasteiger partial charge is 0.269 e. The van der Waals surface area contributed by atoms with Crippen LogP contribution in [0.4, 0.5) is 22.7 Å². The van der Waals surface area contributed by atoms with E-state index in [-0.39, 0.29) is 11.5 Å². The molecule has 0 saturated heterocycles. The van der Waals surface area contributed by atoms with Gasteiger partial charge >= 0.3 is 0 Å². The van der Waals surface area contributed by atoms with Crippen molar-refractivity contribution in [2.75, 3.05) is 4.90 Å². The number of carbonyl (C=O) groups excluding carboxylic acids is 1. The Morgan fingerprint density at radius 2 is 1.19 bits per heavy atom. The molecule has 0 spiro atoms. The maximum atomic E-state index is 12.4. The van der Waals surface area contributed by atoms with Gasteiger partial charge in [-0.1, -0.05) is 54.6 Å². The van der Waals surface area contributed by atoms with Crippen LogP contribution >= 0.6 is 0 Å². The number of hydrogen-bond donors (Lipinski definition) is 0. The summed E-state index contributed by atoms with van der Waals surface area (Å²) in [4.78, 5) is 24.8. The van der Waals surface area contributed by atoms with E-state index in [9.17, 15) is 14.9 Å². The van der Waals surface area contributed by atoms with Crippen molar-refractivity contribution in [3.63, 3.8) is 0 Å². The number of allylic oxidation sites excluding steroid dienone is 1. The molecule has 0 atom stereocenters. The lowest BCUT2D eigenvalue weighted by Gasteiger charge is -2.25. The molecular formula is C27H20N2O3. The number of nitro groups is 1. The molecule has 5 nitrogen and oxygen atoms in total. The van der Waals surface area contributed by atoms with Gasteiger partial charge in [-0.3, -0.25) is 14.9 Å². The Bertz CT molecular complexity index is 1190. The van der Waals surface area contributed by atoms with Crippen molar-refractivity contribution >= 4 is 34.6 Å². The second-order valence-electron chi connectivity index (χ2n) is 7.10. The van der Waals surface area contributed by atoms with E-state index >= 15 is 0 Å². The van der Waals surface area contributed by atoms with Crippen molar-refractivity contribution in [1.29, 1.82) is 0 Å². The summed E-state index contributed by atoms with van der Waals surface area (Å²) in [5.41, 5.74) is 4.35. The molecule has 156 valence electrons. The summed E-state index contributed by atoms with van der Waals surface area (Å²) >= 11 is 0. The minimum Gasteiger partial charge on any atom is -0.311 e. The first-order chi connectivity index (χ1) is 15.6. The third-order valence-electron chi connectivity index (χ3n) is 4.97. The molecule has 0 aliphatic heterocycles. The number of rotatable bonds is 7. The molecule has 0 unspecified atom stereocenters. The average molecular weight is 420 g/mol. The molecule has 4 aromatic rings. The molecule has 0 N–H and O–H groups in total. The maximum Gasteiger partial charge on any atom is 0.269 e. The number of hydrogen-bond acceptors (Lipinski definition) is 4. The van der Waals surface area contributed by atoms with Crippen molar-refractivity contribution in [2.24, 2.45) is 0 Å². The summed E-state index contributed by atoms with van der Waals surface area (Å²) < 4.78 is 0. The molecule has 5 heteroatoms. The lowest BCUT2D eigenvalue weighted by Crippen LogP contribution is -2.09. The van der Waals surface area contributed by atoms with Gasteiger partial charge in [0.25, 0.3) is 5.69 Å². The highest BCUT2D eigenvalue weighted by Gasteiger charge is 2.11. The van der Waals surface area contributed by atoms with Gasteiger partial charge in [0, 0.05) is 34.8 Å². The second-order valence-corrected chi connectivity index (χ2v) is 7.10. The van der Waals surface area contributed by atoms with E-state index < -0.39 is 4.92 Å². The van der Waals surface area contributed by atoms with Crippen LogP contribution in [0.2, 0.25) is 0 Å². The summed E-state index contributed by atoms with van der Waals surface area (Å²) in [6.07, 6.45) is 3.21. The van der Waals surface area contributed by atoms with Crippen LogP contribution in [-0.2, 0) is 0 Å². The van der Waals surface area contributed by atoms with Gasteiger partial charge in [0.1, 0.15) is 0 Å². The van der Waals surface area contributed by atoms with Crippen LogP contribution < -0.4 is 4.90 Å². The van der Waals surface area contributed by atoms with Gasteiger partial charge in [0.05, 0.1) is 4.92 Å². The Kier molecular flexibility index (Phi) is 6.18. The largest absolute Gasteiger partial charge is 0.311 e. The zero-order valence-corrected chi connectivity index (χ0v) is 17.2. The molecule has 0 aromatic heterocycles. The predicted molar refractivity (Wildman–Crippen MR) is 128 cm³/mol. The van der Waals surface area contributed by atoms with Gasteiger partial charge < -0.3 is 4.90 Å². The van der Waals surface area contributed by atoms with Gasteiger partial charge in [-0.05, 0) is 60.2 Å². The lowest BCUT2D eigenvalue weighted by atomic mass is 10.1. The molecule has 4 rings (SSSR count). The van der Waals surface area contributed by atoms with Gasteiger partial charge in [0.2, 0.25) is 0 Å². The molecule has 0 amide bonds. The van der Waals surface area contributed by atoms with Crippen LogP contribution in [0, 0.1) is 10.1 Å². The Labute approximate surface area is 186 Å². The summed E-state index contributed by atoms with van der Waals surface area (Å²) in [5, 5.41) is 10.8. The van der Waals surface area contributed by atoms with Crippen molar-refractivity contribution in [3.05, 3.63) is 137 Å². The Morgan fingerprint density at radius 1 is 0.688 bits per heavy atom. The van der Waals surface area contributed by atoms with Crippen LogP contribution in [0.5, 0.6) is 0 Å². The summed E-state index contributed by atoms with van der Waals surface area (Å²) in [6.45, 7) is 0. The fourth-order valence-corrected chi connectivity index (χ4v) is 3.35. The van der Waals surface area contributed by atoms with E-state index in [0.29, 0.717) is 5.56 Å². The van der Waals surface area contributed by atoms with Gasteiger partial charge in [-0.25, -0.2) is 0 Å². The quantitative estimate of drug-likeness (QED) is 0.140. The molecule has 32 heavy (non-hydrogen) atoms. The molecular weight excluding hydrogens is 400 g/mol. The molecule has 0 radical (unpaired) electrons. The fraction of sp³-hybridized carbons (Fsp3) is 0.